The topological polar surface area (TPSA) is 99.3 Å². The molecule has 0 saturated heterocycles. The van der Waals surface area contributed by atoms with Crippen LogP contribution >= 0.6 is 15.9 Å². The van der Waals surface area contributed by atoms with Crippen molar-refractivity contribution in [3.05, 3.63) is 44.7 Å². The lowest BCUT2D eigenvalue weighted by Gasteiger charge is -2.07. The monoisotopic (exact) mass is 368 g/mol. The average molecular weight is 369 g/mol. The van der Waals surface area contributed by atoms with Gasteiger partial charge in [0.25, 0.3) is 5.69 Å². The van der Waals surface area contributed by atoms with E-state index in [1.54, 1.807) is 13.1 Å². The van der Waals surface area contributed by atoms with Crippen LogP contribution in [-0.2, 0) is 11.3 Å². The molecule has 0 aliphatic rings. The van der Waals surface area contributed by atoms with Crippen molar-refractivity contribution in [3.63, 3.8) is 0 Å². The first-order chi connectivity index (χ1) is 10.4. The third-order valence-electron chi connectivity index (χ3n) is 2.87. The molecule has 0 bridgehead atoms. The Bertz CT molecular complexity index is 709. The summed E-state index contributed by atoms with van der Waals surface area (Å²) in [6.45, 7) is 1.75. The van der Waals surface area contributed by atoms with Gasteiger partial charge in [-0.15, -0.1) is 0 Å². The van der Waals surface area contributed by atoms with E-state index in [1.165, 1.54) is 30.0 Å². The van der Waals surface area contributed by atoms with Gasteiger partial charge in [0.2, 0.25) is 5.91 Å². The molecule has 1 aromatic carbocycles. The molecule has 0 spiro atoms. The molecule has 1 amide bonds. The molecule has 2 rings (SSSR count). The predicted molar refractivity (Wildman–Crippen MR) is 82.9 cm³/mol. The number of aromatic nitrogens is 2. The molecule has 0 aliphatic carbocycles. The van der Waals surface area contributed by atoms with E-state index in [0.29, 0.717) is 5.75 Å². The van der Waals surface area contributed by atoms with Crippen LogP contribution in [0.1, 0.15) is 5.69 Å². The molecule has 0 atom stereocenters. The number of anilines is 1. The normalized spacial score (nSPS) is 10.3. The van der Waals surface area contributed by atoms with Gasteiger partial charge in [0.05, 0.1) is 28.3 Å². The number of nitrogens with zero attached hydrogens (tertiary/aromatic N) is 3. The highest BCUT2D eigenvalue weighted by atomic mass is 79.9. The number of hydrogen-bond donors (Lipinski definition) is 1. The van der Waals surface area contributed by atoms with E-state index < -0.39 is 10.8 Å². The number of rotatable bonds is 5. The molecule has 9 heteroatoms. The zero-order valence-corrected chi connectivity index (χ0v) is 13.5. The summed E-state index contributed by atoms with van der Waals surface area (Å²) in [5, 5.41) is 17.7. The third kappa shape index (κ3) is 3.61. The van der Waals surface area contributed by atoms with E-state index in [9.17, 15) is 14.9 Å². The lowest BCUT2D eigenvalue weighted by Crippen LogP contribution is -2.19. The number of benzene rings is 1. The molecule has 1 aromatic heterocycles. The Labute approximate surface area is 134 Å². The van der Waals surface area contributed by atoms with Gasteiger partial charge in [-0.2, -0.15) is 5.10 Å². The summed E-state index contributed by atoms with van der Waals surface area (Å²) < 4.78 is 7.18. The van der Waals surface area contributed by atoms with Crippen molar-refractivity contribution in [2.75, 3.05) is 12.4 Å². The molecule has 0 radical (unpaired) electrons. The molecule has 0 unspecified atom stereocenters. The van der Waals surface area contributed by atoms with Gasteiger partial charge >= 0.3 is 0 Å². The second-order valence-electron chi connectivity index (χ2n) is 4.45. The number of amides is 1. The Morgan fingerprint density at radius 2 is 2.27 bits per heavy atom. The second-order valence-corrected chi connectivity index (χ2v) is 5.30. The minimum atomic E-state index is -0.577. The second kappa shape index (κ2) is 6.56. The van der Waals surface area contributed by atoms with Crippen molar-refractivity contribution in [3.8, 4) is 5.75 Å². The molecular weight excluding hydrogens is 356 g/mol. The minimum absolute atomic E-state index is 0.0460. The molecule has 0 saturated carbocycles. The Morgan fingerprint density at radius 1 is 1.55 bits per heavy atom. The van der Waals surface area contributed by atoms with Crippen molar-refractivity contribution in [1.29, 1.82) is 0 Å². The van der Waals surface area contributed by atoms with Crippen LogP contribution in [0.5, 0.6) is 5.75 Å². The maximum Gasteiger partial charge on any atom is 0.296 e. The quantitative estimate of drug-likeness (QED) is 0.645. The Kier molecular flexibility index (Phi) is 4.76. The zero-order chi connectivity index (χ0) is 16.3. The summed E-state index contributed by atoms with van der Waals surface area (Å²) in [4.78, 5) is 22.5. The summed E-state index contributed by atoms with van der Waals surface area (Å²) in [5.74, 6) is -0.0698. The molecule has 22 heavy (non-hydrogen) atoms. The van der Waals surface area contributed by atoms with Gasteiger partial charge in [-0.25, -0.2) is 0 Å². The maximum absolute atomic E-state index is 12.0. The highest BCUT2D eigenvalue weighted by Crippen LogP contribution is 2.28. The van der Waals surface area contributed by atoms with E-state index in [-0.39, 0.29) is 17.9 Å². The first kappa shape index (κ1) is 16.0. The number of hydrogen-bond acceptors (Lipinski definition) is 5. The summed E-state index contributed by atoms with van der Waals surface area (Å²) in [6, 6.07) is 4.22. The van der Waals surface area contributed by atoms with Crippen molar-refractivity contribution in [1.82, 2.24) is 9.78 Å². The summed E-state index contributed by atoms with van der Waals surface area (Å²) >= 11 is 3.30. The Balaban J connectivity index is 2.15. The van der Waals surface area contributed by atoms with E-state index >= 15 is 0 Å². The van der Waals surface area contributed by atoms with Crippen molar-refractivity contribution in [2.45, 2.75) is 13.5 Å². The van der Waals surface area contributed by atoms with Crippen LogP contribution in [0, 0.1) is 17.0 Å². The van der Waals surface area contributed by atoms with Crippen LogP contribution in [0.25, 0.3) is 0 Å². The number of carbonyl (C=O) groups is 1. The van der Waals surface area contributed by atoms with Crippen LogP contribution in [-0.4, -0.2) is 27.7 Å². The number of halogens is 1. The highest BCUT2D eigenvalue weighted by Gasteiger charge is 2.17. The lowest BCUT2D eigenvalue weighted by molar-refractivity contribution is -0.384. The van der Waals surface area contributed by atoms with Crippen molar-refractivity contribution in [2.24, 2.45) is 0 Å². The largest absolute Gasteiger partial charge is 0.496 e. The maximum atomic E-state index is 12.0. The average Bonchev–Trinajstić information content (AvgIpc) is 2.77. The number of aryl methyl sites for hydroxylation is 1. The number of ether oxygens (including phenoxy) is 1. The predicted octanol–water partition coefficient (Wildman–Crippen LogP) is 2.51. The standard InChI is InChI=1S/C13H13BrN4O4/c1-8-10(14)6-17(16-8)7-13(19)15-11-4-3-9(22-2)5-12(11)18(20)21/h3-6H,7H2,1-2H3,(H,15,19). The molecule has 0 fully saturated rings. The summed E-state index contributed by atoms with van der Waals surface area (Å²) in [7, 11) is 1.41. The van der Waals surface area contributed by atoms with E-state index in [0.717, 1.165) is 10.2 Å². The molecule has 1 N–H and O–H groups in total. The number of methoxy groups -OCH3 is 1. The smallest absolute Gasteiger partial charge is 0.296 e. The highest BCUT2D eigenvalue weighted by molar-refractivity contribution is 9.10. The molecule has 8 nitrogen and oxygen atoms in total. The van der Waals surface area contributed by atoms with Gasteiger partial charge in [0, 0.05) is 6.20 Å². The van der Waals surface area contributed by atoms with E-state index in [1.807, 2.05) is 0 Å². The molecule has 2 aromatic rings. The fraction of sp³-hybridized carbons (Fsp3) is 0.231. The van der Waals surface area contributed by atoms with Crippen molar-refractivity contribution < 1.29 is 14.5 Å². The summed E-state index contributed by atoms with van der Waals surface area (Å²) in [5.41, 5.74) is 0.632. The summed E-state index contributed by atoms with van der Waals surface area (Å²) in [6.07, 6.45) is 1.66. The molecular formula is C13H13BrN4O4. The van der Waals surface area contributed by atoms with E-state index in [2.05, 4.69) is 26.3 Å². The number of nitrogens with one attached hydrogen (secondary N) is 1. The van der Waals surface area contributed by atoms with Crippen LogP contribution < -0.4 is 10.1 Å². The lowest BCUT2D eigenvalue weighted by atomic mass is 10.2. The number of nitro groups is 1. The molecule has 1 heterocycles. The van der Waals surface area contributed by atoms with Gasteiger partial charge in [-0.1, -0.05) is 0 Å². The SMILES string of the molecule is COc1ccc(NC(=O)Cn2cc(Br)c(C)n2)c([N+](=O)[O-])c1. The Hall–Kier alpha value is -2.42. The van der Waals surface area contributed by atoms with Crippen LogP contribution in [0.4, 0.5) is 11.4 Å². The van der Waals surface area contributed by atoms with Crippen LogP contribution in [0.15, 0.2) is 28.9 Å². The fourth-order valence-corrected chi connectivity index (χ4v) is 2.12. The van der Waals surface area contributed by atoms with Crippen LogP contribution in [0.3, 0.4) is 0 Å². The Morgan fingerprint density at radius 3 is 2.82 bits per heavy atom. The fourth-order valence-electron chi connectivity index (χ4n) is 1.81. The van der Waals surface area contributed by atoms with Crippen LogP contribution in [0.2, 0.25) is 0 Å². The van der Waals surface area contributed by atoms with E-state index in [4.69, 9.17) is 4.74 Å². The van der Waals surface area contributed by atoms with Crippen molar-refractivity contribution >= 4 is 33.2 Å². The molecule has 0 aliphatic heterocycles. The first-order valence-electron chi connectivity index (χ1n) is 6.22. The van der Waals surface area contributed by atoms with Gasteiger partial charge in [0.1, 0.15) is 18.0 Å². The number of carbonyl (C=O) groups excluding carboxylic acids is 1. The zero-order valence-electron chi connectivity index (χ0n) is 11.9. The minimum Gasteiger partial charge on any atom is -0.496 e. The van der Waals surface area contributed by atoms with Gasteiger partial charge in [-0.3, -0.25) is 19.6 Å². The van der Waals surface area contributed by atoms with Gasteiger partial charge in [-0.05, 0) is 35.0 Å². The van der Waals surface area contributed by atoms with Gasteiger partial charge < -0.3 is 10.1 Å². The first-order valence-corrected chi connectivity index (χ1v) is 7.02. The molecule has 116 valence electrons. The number of nitro benzene ring substituents is 1. The van der Waals surface area contributed by atoms with Gasteiger partial charge in [0.15, 0.2) is 0 Å². The third-order valence-corrected chi connectivity index (χ3v) is 3.65.